The molecule has 0 aromatic heterocycles. The fourth-order valence-electron chi connectivity index (χ4n) is 2.42. The van der Waals surface area contributed by atoms with E-state index >= 15 is 0 Å². The van der Waals surface area contributed by atoms with E-state index in [4.69, 9.17) is 0 Å². The highest BCUT2D eigenvalue weighted by Crippen LogP contribution is 2.11. The molecule has 1 fully saturated rings. The molecule has 1 aliphatic heterocycles. The molecule has 4 heteroatoms. The summed E-state index contributed by atoms with van der Waals surface area (Å²) in [7, 11) is 0. The van der Waals surface area contributed by atoms with E-state index in [0.29, 0.717) is 6.54 Å². The van der Waals surface area contributed by atoms with Gasteiger partial charge in [0.1, 0.15) is 0 Å². The number of likely N-dealkylation sites (tertiary alicyclic amines) is 1. The van der Waals surface area contributed by atoms with Crippen molar-refractivity contribution in [2.24, 2.45) is 0 Å². The van der Waals surface area contributed by atoms with E-state index < -0.39 is 0 Å². The smallest absolute Gasteiger partial charge is 0.217 e. The minimum Gasteiger partial charge on any atom is -0.352 e. The number of amides is 1. The van der Waals surface area contributed by atoms with Crippen LogP contribution in [0.4, 0.5) is 0 Å². The van der Waals surface area contributed by atoms with Crippen LogP contribution in [0.15, 0.2) is 24.3 Å². The maximum Gasteiger partial charge on any atom is 0.217 e. The molecule has 1 unspecified atom stereocenters. The summed E-state index contributed by atoms with van der Waals surface area (Å²) in [6, 6.07) is 7.84. The van der Waals surface area contributed by atoms with E-state index in [2.05, 4.69) is 10.2 Å². The first-order valence-electron chi connectivity index (χ1n) is 6.64. The summed E-state index contributed by atoms with van der Waals surface area (Å²) < 4.78 is 0. The van der Waals surface area contributed by atoms with Crippen LogP contribution in [0.5, 0.6) is 0 Å². The lowest BCUT2D eigenvalue weighted by molar-refractivity contribution is -0.119. The van der Waals surface area contributed by atoms with Crippen molar-refractivity contribution < 1.29 is 9.59 Å². The van der Waals surface area contributed by atoms with E-state index in [-0.39, 0.29) is 17.7 Å². The molecule has 1 aromatic rings. The van der Waals surface area contributed by atoms with Crippen LogP contribution in [-0.2, 0) is 4.79 Å². The topological polar surface area (TPSA) is 49.4 Å². The summed E-state index contributed by atoms with van der Waals surface area (Å²) >= 11 is 0. The minimum absolute atomic E-state index is 0.00305. The molecule has 1 atom stereocenters. The number of aryl methyl sites for hydroxylation is 1. The number of Topliss-reactive ketones (excluding diaryl/α,β-unsaturated/α-hetero) is 1. The summed E-state index contributed by atoms with van der Waals surface area (Å²) in [5.74, 6) is 0.139. The first-order valence-corrected chi connectivity index (χ1v) is 6.64. The lowest BCUT2D eigenvalue weighted by Crippen LogP contribution is -2.36. The molecule has 19 heavy (non-hydrogen) atoms. The molecule has 0 bridgehead atoms. The number of nitrogens with zero attached hydrogens (tertiary/aromatic N) is 1. The lowest BCUT2D eigenvalue weighted by Gasteiger charge is -2.15. The van der Waals surface area contributed by atoms with Crippen LogP contribution in [0.25, 0.3) is 0 Å². The third-order valence-electron chi connectivity index (χ3n) is 3.42. The van der Waals surface area contributed by atoms with Gasteiger partial charge in [-0.1, -0.05) is 29.8 Å². The number of carbonyl (C=O) groups is 2. The maximum atomic E-state index is 12.1. The molecule has 1 saturated heterocycles. The molecule has 1 N–H and O–H groups in total. The van der Waals surface area contributed by atoms with Gasteiger partial charge in [-0.2, -0.15) is 0 Å². The van der Waals surface area contributed by atoms with Crippen LogP contribution < -0.4 is 5.32 Å². The van der Waals surface area contributed by atoms with Crippen molar-refractivity contribution in [3.63, 3.8) is 0 Å². The van der Waals surface area contributed by atoms with Gasteiger partial charge in [-0.3, -0.25) is 14.5 Å². The normalized spacial score (nSPS) is 19.4. The van der Waals surface area contributed by atoms with Crippen molar-refractivity contribution in [3.05, 3.63) is 35.4 Å². The number of carbonyl (C=O) groups excluding carboxylic acids is 2. The molecule has 1 aromatic carbocycles. The van der Waals surface area contributed by atoms with E-state index in [1.54, 1.807) is 0 Å². The van der Waals surface area contributed by atoms with Crippen molar-refractivity contribution in [3.8, 4) is 0 Å². The first-order chi connectivity index (χ1) is 9.04. The summed E-state index contributed by atoms with van der Waals surface area (Å²) in [6.07, 6.45) is 0.917. The van der Waals surface area contributed by atoms with Crippen molar-refractivity contribution in [1.82, 2.24) is 10.2 Å². The zero-order valence-corrected chi connectivity index (χ0v) is 11.5. The molecule has 1 aliphatic rings. The molecule has 1 amide bonds. The van der Waals surface area contributed by atoms with Gasteiger partial charge >= 0.3 is 0 Å². The monoisotopic (exact) mass is 260 g/mol. The van der Waals surface area contributed by atoms with Crippen molar-refractivity contribution >= 4 is 11.7 Å². The average Bonchev–Trinajstić information content (AvgIpc) is 2.76. The maximum absolute atomic E-state index is 12.1. The third-order valence-corrected chi connectivity index (χ3v) is 3.42. The highest BCUT2D eigenvalue weighted by Gasteiger charge is 2.24. The van der Waals surface area contributed by atoms with E-state index in [1.165, 1.54) is 6.92 Å². The lowest BCUT2D eigenvalue weighted by atomic mass is 10.1. The number of hydrogen-bond acceptors (Lipinski definition) is 3. The Morgan fingerprint density at radius 2 is 2.00 bits per heavy atom. The van der Waals surface area contributed by atoms with Gasteiger partial charge in [0.05, 0.1) is 6.54 Å². The Morgan fingerprint density at radius 1 is 1.32 bits per heavy atom. The van der Waals surface area contributed by atoms with Gasteiger partial charge in [0.25, 0.3) is 0 Å². The zero-order valence-electron chi connectivity index (χ0n) is 11.5. The second kappa shape index (κ2) is 5.97. The fraction of sp³-hybridized carbons (Fsp3) is 0.467. The molecule has 2 rings (SSSR count). The van der Waals surface area contributed by atoms with Crippen LogP contribution >= 0.6 is 0 Å². The summed E-state index contributed by atoms with van der Waals surface area (Å²) in [5, 5.41) is 2.90. The van der Waals surface area contributed by atoms with Crippen LogP contribution in [0.3, 0.4) is 0 Å². The summed E-state index contributed by atoms with van der Waals surface area (Å²) in [4.78, 5) is 25.2. The van der Waals surface area contributed by atoms with Gasteiger partial charge in [-0.25, -0.2) is 0 Å². The van der Waals surface area contributed by atoms with Gasteiger partial charge in [-0.15, -0.1) is 0 Å². The predicted molar refractivity (Wildman–Crippen MR) is 74.2 cm³/mol. The molecule has 102 valence electrons. The molecule has 1 heterocycles. The molecule has 0 saturated carbocycles. The largest absolute Gasteiger partial charge is 0.352 e. The standard InChI is InChI=1S/C15H20N2O2/c1-11-3-5-13(6-4-11)15(19)10-17-8-7-14(9-17)16-12(2)18/h3-6,14H,7-10H2,1-2H3,(H,16,18). The predicted octanol–water partition coefficient (Wildman–Crippen LogP) is 1.39. The van der Waals surface area contributed by atoms with E-state index in [0.717, 1.165) is 30.6 Å². The third kappa shape index (κ3) is 3.89. The average molecular weight is 260 g/mol. The van der Waals surface area contributed by atoms with Gasteiger partial charge in [0.15, 0.2) is 5.78 Å². The molecular weight excluding hydrogens is 240 g/mol. The Labute approximate surface area is 113 Å². The number of rotatable bonds is 4. The Balaban J connectivity index is 1.87. The van der Waals surface area contributed by atoms with Crippen molar-refractivity contribution in [2.45, 2.75) is 26.3 Å². The SMILES string of the molecule is CC(=O)NC1CCN(CC(=O)c2ccc(C)cc2)C1. The Morgan fingerprint density at radius 3 is 2.63 bits per heavy atom. The quantitative estimate of drug-likeness (QED) is 0.832. The Kier molecular flexibility index (Phi) is 4.32. The second-order valence-electron chi connectivity index (χ2n) is 5.21. The number of benzene rings is 1. The van der Waals surface area contributed by atoms with E-state index in [1.807, 2.05) is 31.2 Å². The van der Waals surface area contributed by atoms with E-state index in [9.17, 15) is 9.59 Å². The number of ketones is 1. The van der Waals surface area contributed by atoms with Crippen LogP contribution in [0.1, 0.15) is 29.3 Å². The number of hydrogen-bond donors (Lipinski definition) is 1. The summed E-state index contributed by atoms with van der Waals surface area (Å²) in [6.45, 7) is 5.59. The number of nitrogens with one attached hydrogen (secondary N) is 1. The molecular formula is C15H20N2O2. The van der Waals surface area contributed by atoms with Gasteiger partial charge in [0.2, 0.25) is 5.91 Å². The van der Waals surface area contributed by atoms with Crippen molar-refractivity contribution in [2.75, 3.05) is 19.6 Å². The molecule has 0 spiro atoms. The molecule has 0 aliphatic carbocycles. The van der Waals surface area contributed by atoms with Gasteiger partial charge in [0, 0.05) is 31.6 Å². The van der Waals surface area contributed by atoms with Gasteiger partial charge < -0.3 is 5.32 Å². The minimum atomic E-state index is -0.00305. The zero-order chi connectivity index (χ0) is 13.8. The summed E-state index contributed by atoms with van der Waals surface area (Å²) in [5.41, 5.74) is 1.91. The molecule has 4 nitrogen and oxygen atoms in total. The Hall–Kier alpha value is -1.68. The molecule has 0 radical (unpaired) electrons. The van der Waals surface area contributed by atoms with Gasteiger partial charge in [-0.05, 0) is 13.3 Å². The second-order valence-corrected chi connectivity index (χ2v) is 5.21. The highest BCUT2D eigenvalue weighted by molar-refractivity contribution is 5.97. The first kappa shape index (κ1) is 13.7. The van der Waals surface area contributed by atoms with Crippen LogP contribution in [0.2, 0.25) is 0 Å². The highest BCUT2D eigenvalue weighted by atomic mass is 16.1. The van der Waals surface area contributed by atoms with Crippen LogP contribution in [0, 0.1) is 6.92 Å². The van der Waals surface area contributed by atoms with Crippen molar-refractivity contribution in [1.29, 1.82) is 0 Å². The Bertz CT molecular complexity index is 468. The van der Waals surface area contributed by atoms with Crippen LogP contribution in [-0.4, -0.2) is 42.3 Å². The fourth-order valence-corrected chi connectivity index (χ4v) is 2.42.